The van der Waals surface area contributed by atoms with Crippen molar-refractivity contribution in [3.63, 3.8) is 0 Å². The largest absolute Gasteiger partial charge is 0.412 e. The van der Waals surface area contributed by atoms with Crippen LogP contribution in [-0.4, -0.2) is 50.1 Å². The van der Waals surface area contributed by atoms with Crippen molar-refractivity contribution >= 4 is 10.0 Å². The van der Waals surface area contributed by atoms with Gasteiger partial charge >= 0.3 is 0 Å². The molecule has 0 amide bonds. The molecule has 2 rings (SSSR count). The van der Waals surface area contributed by atoms with Gasteiger partial charge in [0, 0.05) is 26.2 Å². The Kier molecular flexibility index (Phi) is 47.6. The molecule has 0 aliphatic rings. The first-order valence-electron chi connectivity index (χ1n) is 14.1. The van der Waals surface area contributed by atoms with Gasteiger partial charge in [-0.05, 0) is 37.8 Å². The zero-order valence-corrected chi connectivity index (χ0v) is 28.2. The van der Waals surface area contributed by atoms with Gasteiger partial charge in [0.1, 0.15) is 0 Å². The molecule has 0 radical (unpaired) electrons. The molecule has 2 aromatic carbocycles. The lowest BCUT2D eigenvalue weighted by atomic mass is 10.2. The summed E-state index contributed by atoms with van der Waals surface area (Å²) in [4.78, 5) is 0. The molecule has 6 nitrogen and oxygen atoms in total. The summed E-state index contributed by atoms with van der Waals surface area (Å²) in [6.07, 6.45) is 10.2. The van der Waals surface area contributed by atoms with Crippen LogP contribution in [0.15, 0.2) is 123 Å². The van der Waals surface area contributed by atoms with Crippen molar-refractivity contribution in [3.05, 3.63) is 134 Å². The third-order valence-electron chi connectivity index (χ3n) is 4.86. The summed E-state index contributed by atoms with van der Waals surface area (Å²) in [6.45, 7) is 26.7. The van der Waals surface area contributed by atoms with Gasteiger partial charge in [-0.15, -0.1) is 0 Å². The second-order valence-electron chi connectivity index (χ2n) is 8.40. The van der Waals surface area contributed by atoms with E-state index in [-0.39, 0.29) is 18.7 Å². The van der Waals surface area contributed by atoms with Gasteiger partial charge in [0.25, 0.3) is 0 Å². The summed E-state index contributed by atoms with van der Waals surface area (Å²) in [5, 5.41) is 0. The van der Waals surface area contributed by atoms with E-state index in [0.717, 1.165) is 12.8 Å². The van der Waals surface area contributed by atoms with Crippen LogP contribution < -0.4 is 11.5 Å². The van der Waals surface area contributed by atoms with Gasteiger partial charge in [-0.2, -0.15) is 0 Å². The molecule has 0 aliphatic heterocycles. The maximum atomic E-state index is 11.7. The van der Waals surface area contributed by atoms with Crippen molar-refractivity contribution in [2.45, 2.75) is 67.9 Å². The fraction of sp³-hybridized carbons (Fsp3) is 0.389. The molecule has 43 heavy (non-hydrogen) atoms. The van der Waals surface area contributed by atoms with E-state index in [9.17, 15) is 8.42 Å². The minimum absolute atomic E-state index is 0. The lowest BCUT2D eigenvalue weighted by Crippen LogP contribution is -2.33. The quantitative estimate of drug-likeness (QED) is 0.265. The Labute approximate surface area is 267 Å². The van der Waals surface area contributed by atoms with Crippen LogP contribution in [-0.2, 0) is 16.4 Å². The van der Waals surface area contributed by atoms with E-state index in [1.807, 2.05) is 45.0 Å². The Bertz CT molecular complexity index is 999. The normalized spacial score (nSPS) is 9.95. The number of nitrogens with two attached hydrogens (primary N) is 2. The van der Waals surface area contributed by atoms with Crippen molar-refractivity contribution in [1.82, 2.24) is 4.31 Å². The minimum Gasteiger partial charge on any atom is -0.412 e. The van der Waals surface area contributed by atoms with Gasteiger partial charge in [0.05, 0.1) is 5.75 Å². The van der Waals surface area contributed by atoms with Gasteiger partial charge in [-0.1, -0.05) is 158 Å². The highest BCUT2D eigenvalue weighted by molar-refractivity contribution is 7.89. The first kappa shape index (κ1) is 52.6. The average molecular weight is 620 g/mol. The van der Waals surface area contributed by atoms with Crippen molar-refractivity contribution in [3.8, 4) is 0 Å². The molecule has 7 heteroatoms. The Morgan fingerprint density at radius 3 is 1.56 bits per heavy atom. The van der Waals surface area contributed by atoms with E-state index in [0.29, 0.717) is 24.7 Å². The monoisotopic (exact) mass is 619 g/mol. The predicted molar refractivity (Wildman–Crippen MR) is 197 cm³/mol. The summed E-state index contributed by atoms with van der Waals surface area (Å²) < 4.78 is 24.7. The standard InChI is InChI=1S/C10H18N2O2S.C8H10.C7H8.C4H11N.C4H6.C2H6.CH4.H2O/c1-4-6-10(5-2)9-15(13,14)12(3)8-7-11;1-2-8-6-4-3-5-7-8;1-7-5-3-2-4-6-7;1-3-4(2)5;1-3-4-2;1-2;;/h4-6H,1-2,7-9,11H2,3H3;3-7H,2H2,1H3;2-6H,1H3;4H,3,5H2,1-2H3;3-4H,1-2H2;1-2H3;1H4;1H2/b10-6+;;;;;;;. The fourth-order valence-corrected chi connectivity index (χ4v) is 3.46. The van der Waals surface area contributed by atoms with E-state index < -0.39 is 10.0 Å². The number of aryl methyl sites for hydroxylation is 2. The average Bonchev–Trinajstić information content (AvgIpc) is 2.99. The van der Waals surface area contributed by atoms with Crippen molar-refractivity contribution in [1.29, 1.82) is 0 Å². The zero-order valence-electron chi connectivity index (χ0n) is 27.4. The fourth-order valence-electron chi connectivity index (χ4n) is 2.22. The van der Waals surface area contributed by atoms with Gasteiger partial charge in [-0.25, -0.2) is 12.7 Å². The number of likely N-dealkylation sites (N-methyl/N-ethyl adjacent to an activating group) is 1. The number of rotatable bonds is 10. The molecule has 6 N–H and O–H groups in total. The van der Waals surface area contributed by atoms with Crippen LogP contribution in [0.4, 0.5) is 0 Å². The van der Waals surface area contributed by atoms with Gasteiger partial charge in [-0.3, -0.25) is 0 Å². The number of hydrogen-bond acceptors (Lipinski definition) is 4. The Morgan fingerprint density at radius 1 is 0.907 bits per heavy atom. The van der Waals surface area contributed by atoms with E-state index in [1.54, 1.807) is 18.2 Å². The highest BCUT2D eigenvalue weighted by Gasteiger charge is 2.17. The molecule has 0 aliphatic carbocycles. The number of hydrogen-bond donors (Lipinski definition) is 2. The molecule has 0 bridgehead atoms. The lowest BCUT2D eigenvalue weighted by Gasteiger charge is -2.16. The SMILES string of the molecule is C.C=C/C=C(\C=C)CS(=O)(=O)N(C)CCN.C=CC=C.CC.CCC(C)N.CCc1ccccc1.Cc1ccccc1.O. The van der Waals surface area contributed by atoms with Gasteiger partial charge in [0.15, 0.2) is 0 Å². The number of benzene rings is 2. The van der Waals surface area contributed by atoms with Crippen LogP contribution in [0.3, 0.4) is 0 Å². The third kappa shape index (κ3) is 38.9. The smallest absolute Gasteiger partial charge is 0.218 e. The van der Waals surface area contributed by atoms with Crippen molar-refractivity contribution in [2.75, 3.05) is 25.9 Å². The first-order valence-corrected chi connectivity index (χ1v) is 15.7. The summed E-state index contributed by atoms with van der Waals surface area (Å²) >= 11 is 0. The van der Waals surface area contributed by atoms with Gasteiger partial charge in [0.2, 0.25) is 10.0 Å². The molecule has 0 saturated heterocycles. The number of allylic oxidation sites excluding steroid dienone is 5. The molecule has 1 atom stereocenters. The first-order chi connectivity index (χ1) is 19.5. The Hall–Kier alpha value is -3.07. The molecular formula is C36H65N3O3S. The second kappa shape index (κ2) is 38.9. The Balaban J connectivity index is -0.000000104. The van der Waals surface area contributed by atoms with Crippen LogP contribution in [0.2, 0.25) is 0 Å². The van der Waals surface area contributed by atoms with Crippen molar-refractivity contribution in [2.24, 2.45) is 11.5 Å². The molecule has 0 aromatic heterocycles. The second-order valence-corrected chi connectivity index (χ2v) is 10.5. The molecule has 2 aromatic rings. The summed E-state index contributed by atoms with van der Waals surface area (Å²) in [6, 6.07) is 21.1. The number of sulfonamides is 1. The maximum Gasteiger partial charge on any atom is 0.218 e. The highest BCUT2D eigenvalue weighted by atomic mass is 32.2. The van der Waals surface area contributed by atoms with E-state index in [2.05, 4.69) is 83.5 Å². The maximum absolute atomic E-state index is 11.7. The van der Waals surface area contributed by atoms with Crippen LogP contribution in [0.1, 0.15) is 59.6 Å². The zero-order chi connectivity index (χ0) is 32.5. The molecule has 0 heterocycles. The molecule has 0 fully saturated rings. The molecule has 248 valence electrons. The predicted octanol–water partition coefficient (Wildman–Crippen LogP) is 7.69. The summed E-state index contributed by atoms with van der Waals surface area (Å²) in [5.74, 6) is -0.0704. The topological polar surface area (TPSA) is 121 Å². The van der Waals surface area contributed by atoms with Crippen molar-refractivity contribution < 1.29 is 13.9 Å². The molecule has 1 unspecified atom stereocenters. The van der Waals surface area contributed by atoms with E-state index in [4.69, 9.17) is 11.5 Å². The molecule has 0 saturated carbocycles. The Morgan fingerprint density at radius 2 is 1.33 bits per heavy atom. The molecular weight excluding hydrogens is 554 g/mol. The van der Waals surface area contributed by atoms with Crippen LogP contribution in [0, 0.1) is 6.92 Å². The van der Waals surface area contributed by atoms with E-state index >= 15 is 0 Å². The van der Waals surface area contributed by atoms with E-state index in [1.165, 1.54) is 34.6 Å². The number of nitrogens with zero attached hydrogens (tertiary/aromatic N) is 1. The van der Waals surface area contributed by atoms with Gasteiger partial charge < -0.3 is 16.9 Å². The minimum atomic E-state index is -3.29. The lowest BCUT2D eigenvalue weighted by molar-refractivity contribution is 0.479. The molecule has 0 spiro atoms. The third-order valence-corrected chi connectivity index (χ3v) is 6.69. The van der Waals surface area contributed by atoms with Crippen LogP contribution >= 0.6 is 0 Å². The van der Waals surface area contributed by atoms with Crippen LogP contribution in [0.25, 0.3) is 0 Å². The highest BCUT2D eigenvalue weighted by Crippen LogP contribution is 2.06. The van der Waals surface area contributed by atoms with Crippen LogP contribution in [0.5, 0.6) is 0 Å². The summed E-state index contributed by atoms with van der Waals surface area (Å²) in [7, 11) is -1.78. The summed E-state index contributed by atoms with van der Waals surface area (Å²) in [5.41, 5.74) is 13.9.